The second kappa shape index (κ2) is 6.45. The van der Waals surface area contributed by atoms with Crippen LogP contribution in [0.5, 0.6) is 0 Å². The fraction of sp³-hybridized carbons (Fsp3) is 0.111. The van der Waals surface area contributed by atoms with Gasteiger partial charge in [0.15, 0.2) is 0 Å². The predicted molar refractivity (Wildman–Crippen MR) is 92.4 cm³/mol. The fourth-order valence-electron chi connectivity index (χ4n) is 2.45. The van der Waals surface area contributed by atoms with Gasteiger partial charge in [0.05, 0.1) is 28.2 Å². The third-order valence-electron chi connectivity index (χ3n) is 3.78. The van der Waals surface area contributed by atoms with Gasteiger partial charge in [-0.15, -0.1) is 0 Å². The van der Waals surface area contributed by atoms with Crippen LogP contribution in [0.1, 0.15) is 21.6 Å². The molecule has 2 aromatic carbocycles. The number of carbonyl (C=O) groups is 1. The van der Waals surface area contributed by atoms with E-state index in [1.807, 2.05) is 38.1 Å². The van der Waals surface area contributed by atoms with Gasteiger partial charge in [-0.25, -0.2) is 9.07 Å². The number of hydrogen-bond donors (Lipinski definition) is 1. The molecule has 1 aromatic heterocycles. The van der Waals surface area contributed by atoms with Gasteiger partial charge in [-0.2, -0.15) is 5.10 Å². The van der Waals surface area contributed by atoms with Gasteiger partial charge in [-0.1, -0.05) is 29.8 Å². The fourth-order valence-corrected chi connectivity index (χ4v) is 2.63. The number of aryl methyl sites for hydroxylation is 1. The zero-order valence-electron chi connectivity index (χ0n) is 13.2. The Balaban J connectivity index is 1.89. The molecule has 24 heavy (non-hydrogen) atoms. The van der Waals surface area contributed by atoms with E-state index in [0.29, 0.717) is 11.3 Å². The molecular formula is C18H15ClFN3O. The van der Waals surface area contributed by atoms with Crippen LogP contribution in [0, 0.1) is 19.7 Å². The SMILES string of the molecule is Cc1ccccc1-n1ncc(C(=O)Nc2ccc(F)c(Cl)c2)c1C. The van der Waals surface area contributed by atoms with Gasteiger partial charge in [0.1, 0.15) is 5.82 Å². The van der Waals surface area contributed by atoms with Gasteiger partial charge in [0.25, 0.3) is 5.91 Å². The Morgan fingerprint density at radius 2 is 1.96 bits per heavy atom. The Labute approximate surface area is 143 Å². The van der Waals surface area contributed by atoms with Crippen LogP contribution in [0.25, 0.3) is 5.69 Å². The molecule has 1 N–H and O–H groups in total. The van der Waals surface area contributed by atoms with Crippen LogP contribution in [0.3, 0.4) is 0 Å². The Morgan fingerprint density at radius 1 is 1.21 bits per heavy atom. The van der Waals surface area contributed by atoms with Crippen molar-refractivity contribution in [1.82, 2.24) is 9.78 Å². The van der Waals surface area contributed by atoms with Crippen LogP contribution in [-0.2, 0) is 0 Å². The van der Waals surface area contributed by atoms with Gasteiger partial charge < -0.3 is 5.32 Å². The lowest BCUT2D eigenvalue weighted by Gasteiger charge is -2.09. The predicted octanol–water partition coefficient (Wildman–Crippen LogP) is 4.53. The first-order valence-corrected chi connectivity index (χ1v) is 7.72. The molecular weight excluding hydrogens is 329 g/mol. The molecule has 0 unspecified atom stereocenters. The normalized spacial score (nSPS) is 10.7. The summed E-state index contributed by atoms with van der Waals surface area (Å²) in [7, 11) is 0. The molecule has 0 atom stereocenters. The molecule has 1 amide bonds. The zero-order chi connectivity index (χ0) is 17.3. The standard InChI is InChI=1S/C18H15ClFN3O/c1-11-5-3-4-6-17(11)23-12(2)14(10-21-23)18(24)22-13-7-8-16(20)15(19)9-13/h3-10H,1-2H3,(H,22,24). The molecule has 0 spiro atoms. The number of hydrogen-bond acceptors (Lipinski definition) is 2. The van der Waals surface area contributed by atoms with Gasteiger partial charge >= 0.3 is 0 Å². The minimum absolute atomic E-state index is 0.0415. The van der Waals surface area contributed by atoms with Crippen molar-refractivity contribution in [2.45, 2.75) is 13.8 Å². The van der Waals surface area contributed by atoms with Crippen molar-refractivity contribution in [3.63, 3.8) is 0 Å². The number of anilines is 1. The minimum Gasteiger partial charge on any atom is -0.322 e. The molecule has 0 aliphatic carbocycles. The average molecular weight is 344 g/mol. The smallest absolute Gasteiger partial charge is 0.259 e. The number of halogens is 2. The number of nitrogens with one attached hydrogen (secondary N) is 1. The average Bonchev–Trinajstić information content (AvgIpc) is 2.93. The first kappa shape index (κ1) is 16.2. The maximum Gasteiger partial charge on any atom is 0.259 e. The third kappa shape index (κ3) is 3.03. The topological polar surface area (TPSA) is 46.9 Å². The van der Waals surface area contributed by atoms with E-state index >= 15 is 0 Å². The van der Waals surface area contributed by atoms with E-state index in [1.54, 1.807) is 4.68 Å². The molecule has 122 valence electrons. The van der Waals surface area contributed by atoms with Gasteiger partial charge in [0, 0.05) is 5.69 Å². The summed E-state index contributed by atoms with van der Waals surface area (Å²) in [6.07, 6.45) is 1.52. The largest absolute Gasteiger partial charge is 0.322 e. The van der Waals surface area contributed by atoms with Crippen LogP contribution >= 0.6 is 11.6 Å². The van der Waals surface area contributed by atoms with Crippen molar-refractivity contribution in [3.05, 3.63) is 76.3 Å². The number of carbonyl (C=O) groups excluding carboxylic acids is 1. The molecule has 0 aliphatic heterocycles. The quantitative estimate of drug-likeness (QED) is 0.759. The van der Waals surface area contributed by atoms with E-state index in [1.165, 1.54) is 24.4 Å². The summed E-state index contributed by atoms with van der Waals surface area (Å²) < 4.78 is 14.9. The number of rotatable bonds is 3. The van der Waals surface area contributed by atoms with E-state index in [4.69, 9.17) is 11.6 Å². The summed E-state index contributed by atoms with van der Waals surface area (Å²) in [6.45, 7) is 3.81. The van der Waals surface area contributed by atoms with Crippen LogP contribution in [0.4, 0.5) is 10.1 Å². The molecule has 3 rings (SSSR count). The highest BCUT2D eigenvalue weighted by Crippen LogP contribution is 2.21. The number of benzene rings is 2. The second-order valence-corrected chi connectivity index (χ2v) is 5.83. The van der Waals surface area contributed by atoms with Crippen molar-refractivity contribution in [3.8, 4) is 5.69 Å². The Kier molecular flexibility index (Phi) is 4.36. The summed E-state index contributed by atoms with van der Waals surface area (Å²) in [5.41, 5.74) is 3.56. The van der Waals surface area contributed by atoms with E-state index in [2.05, 4.69) is 10.4 Å². The molecule has 3 aromatic rings. The zero-order valence-corrected chi connectivity index (χ0v) is 13.9. The Hall–Kier alpha value is -2.66. The molecule has 0 bridgehead atoms. The summed E-state index contributed by atoms with van der Waals surface area (Å²) in [5, 5.41) is 6.97. The highest BCUT2D eigenvalue weighted by atomic mass is 35.5. The minimum atomic E-state index is -0.529. The van der Waals surface area contributed by atoms with Crippen molar-refractivity contribution >= 4 is 23.2 Å². The summed E-state index contributed by atoms with van der Waals surface area (Å²) in [6, 6.07) is 11.8. The first-order chi connectivity index (χ1) is 11.5. The molecule has 4 nitrogen and oxygen atoms in total. The Bertz CT molecular complexity index is 920. The molecule has 6 heteroatoms. The summed E-state index contributed by atoms with van der Waals surface area (Å²) in [5.74, 6) is -0.853. The van der Waals surface area contributed by atoms with Gasteiger partial charge in [-0.3, -0.25) is 4.79 Å². The maximum absolute atomic E-state index is 13.2. The summed E-state index contributed by atoms with van der Waals surface area (Å²) in [4.78, 5) is 12.5. The van der Waals surface area contributed by atoms with Crippen LogP contribution < -0.4 is 5.32 Å². The number of nitrogens with zero attached hydrogens (tertiary/aromatic N) is 2. The first-order valence-electron chi connectivity index (χ1n) is 7.34. The van der Waals surface area contributed by atoms with Crippen molar-refractivity contribution in [1.29, 1.82) is 0 Å². The Morgan fingerprint density at radius 3 is 2.67 bits per heavy atom. The van der Waals surface area contributed by atoms with Gasteiger partial charge in [0.2, 0.25) is 0 Å². The van der Waals surface area contributed by atoms with Crippen molar-refractivity contribution in [2.24, 2.45) is 0 Å². The monoisotopic (exact) mass is 343 g/mol. The van der Waals surface area contributed by atoms with Crippen LogP contribution in [-0.4, -0.2) is 15.7 Å². The molecule has 0 aliphatic rings. The second-order valence-electron chi connectivity index (χ2n) is 5.42. The van der Waals surface area contributed by atoms with Crippen LogP contribution in [0.15, 0.2) is 48.7 Å². The van der Waals surface area contributed by atoms with Crippen molar-refractivity contribution < 1.29 is 9.18 Å². The highest BCUT2D eigenvalue weighted by Gasteiger charge is 2.16. The van der Waals surface area contributed by atoms with E-state index in [-0.39, 0.29) is 10.9 Å². The highest BCUT2D eigenvalue weighted by molar-refractivity contribution is 6.31. The molecule has 1 heterocycles. The number of amides is 1. The number of aromatic nitrogens is 2. The lowest BCUT2D eigenvalue weighted by atomic mass is 10.2. The maximum atomic E-state index is 13.2. The molecule has 0 saturated carbocycles. The lowest BCUT2D eigenvalue weighted by molar-refractivity contribution is 0.102. The molecule has 0 saturated heterocycles. The third-order valence-corrected chi connectivity index (χ3v) is 4.07. The molecule has 0 radical (unpaired) electrons. The van der Waals surface area contributed by atoms with Crippen molar-refractivity contribution in [2.75, 3.05) is 5.32 Å². The lowest BCUT2D eigenvalue weighted by Crippen LogP contribution is -2.13. The van der Waals surface area contributed by atoms with E-state index in [0.717, 1.165) is 16.9 Å². The van der Waals surface area contributed by atoms with Crippen LogP contribution in [0.2, 0.25) is 5.02 Å². The summed E-state index contributed by atoms with van der Waals surface area (Å²) >= 11 is 5.73. The van der Waals surface area contributed by atoms with E-state index in [9.17, 15) is 9.18 Å². The number of para-hydroxylation sites is 1. The van der Waals surface area contributed by atoms with Gasteiger partial charge in [-0.05, 0) is 43.7 Å². The molecule has 0 fully saturated rings. The van der Waals surface area contributed by atoms with E-state index < -0.39 is 5.82 Å².